The number of carboxylic acid groups (broad SMARTS) is 1. The average molecular weight is 199 g/mol. The van der Waals surface area contributed by atoms with Crippen LogP contribution in [0.3, 0.4) is 0 Å². The average Bonchev–Trinajstić information content (AvgIpc) is 2.15. The molecule has 1 heterocycles. The summed E-state index contributed by atoms with van der Waals surface area (Å²) in [6.07, 6.45) is -2.28. The molecular weight excluding hydrogens is 190 g/mol. The number of aliphatic carboxylic acids is 1. The van der Waals surface area contributed by atoms with Gasteiger partial charge in [-0.3, -0.25) is 0 Å². The largest absolute Gasteiger partial charge is 0.479 e. The lowest BCUT2D eigenvalue weighted by Gasteiger charge is -2.12. The van der Waals surface area contributed by atoms with Crippen molar-refractivity contribution in [2.75, 3.05) is 5.73 Å². The van der Waals surface area contributed by atoms with Gasteiger partial charge in [-0.15, -0.1) is 0 Å². The van der Waals surface area contributed by atoms with Crippen LogP contribution in [0.25, 0.3) is 0 Å². The molecule has 5 N–H and O–H groups in total. The highest BCUT2D eigenvalue weighted by atomic mass is 16.4. The van der Waals surface area contributed by atoms with Gasteiger partial charge in [0.2, 0.25) is 5.95 Å². The predicted octanol–water partition coefficient (Wildman–Crippen LogP) is -1.46. The molecule has 0 saturated carbocycles. The van der Waals surface area contributed by atoms with Crippen LogP contribution in [0.15, 0.2) is 12.3 Å². The zero-order valence-corrected chi connectivity index (χ0v) is 7.03. The number of carbonyl (C=O) groups is 1. The summed E-state index contributed by atoms with van der Waals surface area (Å²) >= 11 is 0. The Morgan fingerprint density at radius 2 is 2.14 bits per heavy atom. The van der Waals surface area contributed by atoms with E-state index in [1.165, 1.54) is 12.3 Å². The number of nitrogens with zero attached hydrogens (tertiary/aromatic N) is 2. The maximum atomic E-state index is 10.3. The first-order valence-corrected chi connectivity index (χ1v) is 3.69. The van der Waals surface area contributed by atoms with Gasteiger partial charge in [-0.05, 0) is 6.07 Å². The summed E-state index contributed by atoms with van der Waals surface area (Å²) < 4.78 is 0. The molecule has 2 atom stereocenters. The normalized spacial score (nSPS) is 14.7. The number of nitrogens with two attached hydrogens (primary N) is 1. The minimum Gasteiger partial charge on any atom is -0.479 e. The Kier molecular flexibility index (Phi) is 2.95. The number of rotatable bonds is 3. The van der Waals surface area contributed by atoms with Gasteiger partial charge < -0.3 is 21.1 Å². The molecule has 1 aromatic heterocycles. The van der Waals surface area contributed by atoms with Gasteiger partial charge in [0.05, 0.1) is 5.69 Å². The molecule has 7 heteroatoms. The molecular formula is C7H9N3O4. The minimum absolute atomic E-state index is 0.0348. The third kappa shape index (κ3) is 2.15. The van der Waals surface area contributed by atoms with Crippen molar-refractivity contribution in [2.45, 2.75) is 12.2 Å². The molecule has 7 nitrogen and oxygen atoms in total. The van der Waals surface area contributed by atoms with Gasteiger partial charge in [0.1, 0.15) is 6.10 Å². The quantitative estimate of drug-likeness (QED) is 0.468. The third-order valence-electron chi connectivity index (χ3n) is 1.55. The van der Waals surface area contributed by atoms with E-state index in [0.717, 1.165) is 0 Å². The summed E-state index contributed by atoms with van der Waals surface area (Å²) in [4.78, 5) is 17.4. The second-order valence-electron chi connectivity index (χ2n) is 2.57. The van der Waals surface area contributed by atoms with E-state index >= 15 is 0 Å². The lowest BCUT2D eigenvalue weighted by Crippen LogP contribution is -2.28. The van der Waals surface area contributed by atoms with E-state index in [2.05, 4.69) is 9.97 Å². The van der Waals surface area contributed by atoms with E-state index in [9.17, 15) is 9.90 Å². The molecule has 0 aliphatic carbocycles. The molecule has 1 rings (SSSR count). The van der Waals surface area contributed by atoms with E-state index < -0.39 is 18.2 Å². The van der Waals surface area contributed by atoms with E-state index in [1.807, 2.05) is 0 Å². The van der Waals surface area contributed by atoms with Crippen LogP contribution in [-0.4, -0.2) is 37.4 Å². The van der Waals surface area contributed by atoms with Crippen LogP contribution in [0.5, 0.6) is 0 Å². The smallest absolute Gasteiger partial charge is 0.335 e. The van der Waals surface area contributed by atoms with Crippen LogP contribution in [0, 0.1) is 0 Å². The highest BCUT2D eigenvalue weighted by molar-refractivity contribution is 5.72. The number of aliphatic hydroxyl groups is 2. The Morgan fingerprint density at radius 1 is 1.50 bits per heavy atom. The number of aliphatic hydroxyl groups excluding tert-OH is 2. The van der Waals surface area contributed by atoms with Crippen molar-refractivity contribution in [3.05, 3.63) is 18.0 Å². The first-order valence-electron chi connectivity index (χ1n) is 3.69. The Bertz CT molecular complexity index is 343. The molecule has 0 fully saturated rings. The van der Waals surface area contributed by atoms with E-state index in [4.69, 9.17) is 15.9 Å². The highest BCUT2D eigenvalue weighted by Gasteiger charge is 2.26. The van der Waals surface area contributed by atoms with Gasteiger partial charge in [-0.2, -0.15) is 0 Å². The molecule has 0 saturated heterocycles. The summed E-state index contributed by atoms with van der Waals surface area (Å²) in [5, 5.41) is 26.7. The summed E-state index contributed by atoms with van der Waals surface area (Å²) in [6, 6.07) is 1.27. The van der Waals surface area contributed by atoms with Crippen LogP contribution in [0.4, 0.5) is 5.95 Å². The van der Waals surface area contributed by atoms with Crippen LogP contribution in [-0.2, 0) is 4.79 Å². The van der Waals surface area contributed by atoms with Crippen LogP contribution < -0.4 is 5.73 Å². The van der Waals surface area contributed by atoms with E-state index in [-0.39, 0.29) is 11.6 Å². The minimum atomic E-state index is -1.93. The number of hydrogen-bond acceptors (Lipinski definition) is 6. The summed E-state index contributed by atoms with van der Waals surface area (Å²) in [5.74, 6) is -1.63. The van der Waals surface area contributed by atoms with E-state index in [1.54, 1.807) is 0 Å². The number of anilines is 1. The summed E-state index contributed by atoms with van der Waals surface area (Å²) in [6.45, 7) is 0. The Hall–Kier alpha value is -1.73. The first-order chi connectivity index (χ1) is 6.52. The van der Waals surface area contributed by atoms with Crippen molar-refractivity contribution in [3.63, 3.8) is 0 Å². The lowest BCUT2D eigenvalue weighted by molar-refractivity contribution is -0.153. The van der Waals surface area contributed by atoms with Gasteiger partial charge in [0, 0.05) is 6.20 Å². The second-order valence-corrected chi connectivity index (χ2v) is 2.57. The molecule has 76 valence electrons. The Labute approximate surface area is 78.8 Å². The first kappa shape index (κ1) is 10.4. The highest BCUT2D eigenvalue weighted by Crippen LogP contribution is 2.14. The van der Waals surface area contributed by atoms with Crippen LogP contribution in [0.1, 0.15) is 11.8 Å². The SMILES string of the molecule is Nc1nccc(C(O)C(O)C(=O)O)n1. The standard InChI is InChI=1S/C7H9N3O4/c8-7-9-2-1-3(10-7)4(11)5(12)6(13)14/h1-2,4-5,11-12H,(H,13,14)(H2,8,9,10). The zero-order valence-electron chi connectivity index (χ0n) is 7.03. The zero-order chi connectivity index (χ0) is 10.7. The van der Waals surface area contributed by atoms with Gasteiger partial charge >= 0.3 is 5.97 Å². The fourth-order valence-corrected chi connectivity index (χ4v) is 0.850. The second kappa shape index (κ2) is 3.99. The summed E-state index contributed by atoms with van der Waals surface area (Å²) in [7, 11) is 0. The van der Waals surface area contributed by atoms with Gasteiger partial charge in [0.25, 0.3) is 0 Å². The maximum absolute atomic E-state index is 10.3. The molecule has 1 aromatic rings. The molecule has 0 aromatic carbocycles. The number of aromatic nitrogens is 2. The third-order valence-corrected chi connectivity index (χ3v) is 1.55. The predicted molar refractivity (Wildman–Crippen MR) is 45.0 cm³/mol. The van der Waals surface area contributed by atoms with Gasteiger partial charge in [-0.1, -0.05) is 0 Å². The van der Waals surface area contributed by atoms with Crippen LogP contribution >= 0.6 is 0 Å². The molecule has 0 aliphatic rings. The fourth-order valence-electron chi connectivity index (χ4n) is 0.850. The molecule has 0 radical (unpaired) electrons. The van der Waals surface area contributed by atoms with Crippen molar-refractivity contribution in [1.82, 2.24) is 9.97 Å². The van der Waals surface area contributed by atoms with Crippen molar-refractivity contribution in [3.8, 4) is 0 Å². The maximum Gasteiger partial charge on any atom is 0.335 e. The molecule has 0 amide bonds. The molecule has 0 bridgehead atoms. The molecule has 0 spiro atoms. The number of carboxylic acids is 1. The van der Waals surface area contributed by atoms with E-state index in [0.29, 0.717) is 0 Å². The number of nitrogen functional groups attached to an aromatic ring is 1. The monoisotopic (exact) mass is 199 g/mol. The van der Waals surface area contributed by atoms with Crippen LogP contribution in [0.2, 0.25) is 0 Å². The fraction of sp³-hybridized carbons (Fsp3) is 0.286. The van der Waals surface area contributed by atoms with Crippen molar-refractivity contribution < 1.29 is 20.1 Å². The van der Waals surface area contributed by atoms with Gasteiger partial charge in [0.15, 0.2) is 6.10 Å². The van der Waals surface area contributed by atoms with Crippen molar-refractivity contribution >= 4 is 11.9 Å². The molecule has 14 heavy (non-hydrogen) atoms. The Balaban J connectivity index is 2.89. The number of hydrogen-bond donors (Lipinski definition) is 4. The topological polar surface area (TPSA) is 130 Å². The lowest BCUT2D eigenvalue weighted by atomic mass is 10.1. The molecule has 2 unspecified atom stereocenters. The van der Waals surface area contributed by atoms with Crippen molar-refractivity contribution in [1.29, 1.82) is 0 Å². The van der Waals surface area contributed by atoms with Crippen molar-refractivity contribution in [2.24, 2.45) is 0 Å². The van der Waals surface area contributed by atoms with Gasteiger partial charge in [-0.25, -0.2) is 14.8 Å². The summed E-state index contributed by atoms with van der Waals surface area (Å²) in [5.41, 5.74) is 5.18. The Morgan fingerprint density at radius 3 is 2.64 bits per heavy atom. The molecule has 0 aliphatic heterocycles.